The molecule has 1 fully saturated rings. The molecule has 0 aromatic carbocycles. The molecule has 1 N–H and O–H groups in total. The van der Waals surface area contributed by atoms with Crippen molar-refractivity contribution < 1.29 is 9.90 Å². The van der Waals surface area contributed by atoms with E-state index in [4.69, 9.17) is 5.11 Å². The quantitative estimate of drug-likeness (QED) is 0.723. The van der Waals surface area contributed by atoms with E-state index in [0.29, 0.717) is 0 Å². The molecule has 1 rings (SSSR count). The summed E-state index contributed by atoms with van der Waals surface area (Å²) in [4.78, 5) is 11.0. The Balaban J connectivity index is 2.63. The minimum absolute atomic E-state index is 0.0544. The summed E-state index contributed by atoms with van der Waals surface area (Å²) in [6.07, 6.45) is 2.74. The van der Waals surface area contributed by atoms with Crippen molar-refractivity contribution in [2.24, 2.45) is 0 Å². The molecule has 1 saturated carbocycles. The van der Waals surface area contributed by atoms with E-state index < -0.39 is 10.7 Å². The highest BCUT2D eigenvalue weighted by Crippen LogP contribution is 2.49. The highest BCUT2D eigenvalue weighted by molar-refractivity contribution is 8.02. The Morgan fingerprint density at radius 2 is 1.92 bits per heavy atom. The first kappa shape index (κ1) is 9.90. The molecular formula is C9H16O2S. The van der Waals surface area contributed by atoms with Gasteiger partial charge in [-0.15, -0.1) is 11.8 Å². The van der Waals surface area contributed by atoms with Crippen LogP contribution < -0.4 is 0 Å². The minimum atomic E-state index is -0.631. The average molecular weight is 188 g/mol. The zero-order chi connectivity index (χ0) is 9.41. The molecule has 12 heavy (non-hydrogen) atoms. The lowest BCUT2D eigenvalue weighted by atomic mass is 9.84. The van der Waals surface area contributed by atoms with E-state index in [1.807, 2.05) is 0 Å². The summed E-state index contributed by atoms with van der Waals surface area (Å²) in [6.45, 7) is 6.21. The van der Waals surface area contributed by atoms with Crippen molar-refractivity contribution in [1.29, 1.82) is 0 Å². The molecule has 0 aliphatic heterocycles. The molecule has 0 unspecified atom stereocenters. The molecule has 0 bridgehead atoms. The van der Waals surface area contributed by atoms with Gasteiger partial charge in [-0.3, -0.25) is 4.79 Å². The first-order chi connectivity index (χ1) is 5.36. The summed E-state index contributed by atoms with van der Waals surface area (Å²) in [5.74, 6) is -0.631. The second-order valence-electron chi connectivity index (χ2n) is 4.37. The van der Waals surface area contributed by atoms with Crippen LogP contribution in [0.2, 0.25) is 0 Å². The van der Waals surface area contributed by atoms with E-state index >= 15 is 0 Å². The number of rotatable bonds is 2. The molecule has 2 nitrogen and oxygen atoms in total. The monoisotopic (exact) mass is 188 g/mol. The van der Waals surface area contributed by atoms with Crippen LogP contribution in [0.25, 0.3) is 0 Å². The highest BCUT2D eigenvalue weighted by atomic mass is 32.2. The zero-order valence-electron chi connectivity index (χ0n) is 7.89. The topological polar surface area (TPSA) is 37.3 Å². The van der Waals surface area contributed by atoms with Crippen molar-refractivity contribution in [3.8, 4) is 0 Å². The van der Waals surface area contributed by atoms with Crippen molar-refractivity contribution in [1.82, 2.24) is 0 Å². The molecule has 0 aromatic rings. The van der Waals surface area contributed by atoms with Gasteiger partial charge in [0.1, 0.15) is 4.75 Å². The average Bonchev–Trinajstić information content (AvgIpc) is 1.75. The van der Waals surface area contributed by atoms with Crippen LogP contribution in [0, 0.1) is 0 Å². The summed E-state index contributed by atoms with van der Waals surface area (Å²) in [5, 5.41) is 9.03. The van der Waals surface area contributed by atoms with Crippen LogP contribution in [0.4, 0.5) is 0 Å². The molecule has 1 aliphatic carbocycles. The van der Waals surface area contributed by atoms with Crippen LogP contribution in [0.15, 0.2) is 0 Å². The van der Waals surface area contributed by atoms with Crippen molar-refractivity contribution in [3.63, 3.8) is 0 Å². The van der Waals surface area contributed by atoms with Crippen LogP contribution in [-0.2, 0) is 4.79 Å². The second kappa shape index (κ2) is 2.95. The van der Waals surface area contributed by atoms with E-state index in [9.17, 15) is 4.79 Å². The number of carboxylic acid groups (broad SMARTS) is 1. The molecule has 0 radical (unpaired) electrons. The van der Waals surface area contributed by atoms with E-state index in [0.717, 1.165) is 19.3 Å². The van der Waals surface area contributed by atoms with Crippen LogP contribution in [0.3, 0.4) is 0 Å². The lowest BCUT2D eigenvalue weighted by molar-refractivity contribution is -0.142. The maximum Gasteiger partial charge on any atom is 0.319 e. The summed E-state index contributed by atoms with van der Waals surface area (Å²) >= 11 is 1.60. The molecule has 1 aliphatic rings. The second-order valence-corrected chi connectivity index (χ2v) is 6.58. The maximum atomic E-state index is 11.0. The van der Waals surface area contributed by atoms with Crippen molar-refractivity contribution >= 4 is 17.7 Å². The first-order valence-corrected chi connectivity index (χ1v) is 5.11. The van der Waals surface area contributed by atoms with Crippen LogP contribution in [-0.4, -0.2) is 20.6 Å². The molecule has 0 saturated heterocycles. The third kappa shape index (κ3) is 1.94. The van der Waals surface area contributed by atoms with Gasteiger partial charge in [0.2, 0.25) is 0 Å². The van der Waals surface area contributed by atoms with Gasteiger partial charge in [0, 0.05) is 4.75 Å². The number of carboxylic acids is 1. The van der Waals surface area contributed by atoms with Crippen LogP contribution in [0.1, 0.15) is 40.0 Å². The summed E-state index contributed by atoms with van der Waals surface area (Å²) in [5.41, 5.74) is 0. The first-order valence-electron chi connectivity index (χ1n) is 4.29. The molecule has 0 heterocycles. The van der Waals surface area contributed by atoms with Gasteiger partial charge in [-0.25, -0.2) is 0 Å². The Morgan fingerprint density at radius 3 is 2.00 bits per heavy atom. The Bertz CT molecular complexity index is 189. The van der Waals surface area contributed by atoms with Crippen molar-refractivity contribution in [2.45, 2.75) is 49.5 Å². The lowest BCUT2D eigenvalue weighted by Gasteiger charge is -2.41. The van der Waals surface area contributed by atoms with Gasteiger partial charge in [0.05, 0.1) is 0 Å². The fraction of sp³-hybridized carbons (Fsp3) is 0.889. The van der Waals surface area contributed by atoms with Gasteiger partial charge in [-0.2, -0.15) is 0 Å². The van der Waals surface area contributed by atoms with Crippen molar-refractivity contribution in [3.05, 3.63) is 0 Å². The van der Waals surface area contributed by atoms with Gasteiger partial charge >= 0.3 is 5.97 Å². The number of hydrogen-bond donors (Lipinski definition) is 1. The molecule has 3 heteroatoms. The minimum Gasteiger partial charge on any atom is -0.480 e. The lowest BCUT2D eigenvalue weighted by Crippen LogP contribution is -2.44. The van der Waals surface area contributed by atoms with E-state index in [2.05, 4.69) is 20.8 Å². The molecule has 0 aromatic heterocycles. The number of hydrogen-bond acceptors (Lipinski definition) is 2. The molecule has 0 atom stereocenters. The Hall–Kier alpha value is -0.180. The Kier molecular flexibility index (Phi) is 2.43. The van der Waals surface area contributed by atoms with E-state index in [1.165, 1.54) is 0 Å². The SMILES string of the molecule is CC(C)(C)SC1(C(=O)O)CCC1. The third-order valence-electron chi connectivity index (χ3n) is 2.05. The van der Waals surface area contributed by atoms with Gasteiger partial charge in [-0.05, 0) is 19.3 Å². The molecular weight excluding hydrogens is 172 g/mol. The fourth-order valence-electron chi connectivity index (χ4n) is 1.44. The maximum absolute atomic E-state index is 11.0. The van der Waals surface area contributed by atoms with Crippen molar-refractivity contribution in [2.75, 3.05) is 0 Å². The number of thioether (sulfide) groups is 1. The largest absolute Gasteiger partial charge is 0.480 e. The van der Waals surface area contributed by atoms with Crippen LogP contribution >= 0.6 is 11.8 Å². The summed E-state index contributed by atoms with van der Waals surface area (Å²) in [7, 11) is 0. The highest BCUT2D eigenvalue weighted by Gasteiger charge is 2.47. The summed E-state index contributed by atoms with van der Waals surface area (Å²) in [6, 6.07) is 0. The number of carbonyl (C=O) groups is 1. The standard InChI is InChI=1S/C9H16O2S/c1-8(2,3)12-9(7(10)11)5-4-6-9/h4-6H2,1-3H3,(H,10,11). The smallest absolute Gasteiger partial charge is 0.319 e. The molecule has 0 amide bonds. The third-order valence-corrected chi connectivity index (χ3v) is 3.64. The van der Waals surface area contributed by atoms with Crippen LogP contribution in [0.5, 0.6) is 0 Å². The van der Waals surface area contributed by atoms with Gasteiger partial charge in [0.15, 0.2) is 0 Å². The fourth-order valence-corrected chi connectivity index (χ4v) is 3.20. The van der Waals surface area contributed by atoms with Gasteiger partial charge in [-0.1, -0.05) is 20.8 Å². The Labute approximate surface area is 77.7 Å². The predicted molar refractivity (Wildman–Crippen MR) is 51.6 cm³/mol. The van der Waals surface area contributed by atoms with Gasteiger partial charge in [0.25, 0.3) is 0 Å². The van der Waals surface area contributed by atoms with E-state index in [1.54, 1.807) is 11.8 Å². The summed E-state index contributed by atoms with van der Waals surface area (Å²) < 4.78 is -0.406. The number of aliphatic carboxylic acids is 1. The predicted octanol–water partition coefficient (Wildman–Crippen LogP) is 2.53. The molecule has 0 spiro atoms. The zero-order valence-corrected chi connectivity index (χ0v) is 8.70. The normalized spacial score (nSPS) is 21.6. The molecule has 70 valence electrons. The van der Waals surface area contributed by atoms with Gasteiger partial charge < -0.3 is 5.11 Å². The Morgan fingerprint density at radius 1 is 1.42 bits per heavy atom. The van der Waals surface area contributed by atoms with E-state index in [-0.39, 0.29) is 4.75 Å².